The van der Waals surface area contributed by atoms with Gasteiger partial charge in [-0.1, -0.05) is 18.2 Å². The van der Waals surface area contributed by atoms with Gasteiger partial charge in [0.15, 0.2) is 0 Å². The minimum atomic E-state index is -0.675. The van der Waals surface area contributed by atoms with Gasteiger partial charge in [-0.25, -0.2) is 19.2 Å². The van der Waals surface area contributed by atoms with Gasteiger partial charge in [0.25, 0.3) is 5.91 Å². The summed E-state index contributed by atoms with van der Waals surface area (Å²) < 4.78 is 25.9. The number of halogens is 1. The van der Waals surface area contributed by atoms with Crippen molar-refractivity contribution in [1.82, 2.24) is 24.7 Å². The number of nitrogens with zero attached hydrogens (tertiary/aromatic N) is 6. The smallest absolute Gasteiger partial charge is 0.409 e. The molecular formula is C35H40FN9O4. The maximum atomic E-state index is 15.3. The molecule has 256 valence electrons. The number of carbonyl (C=O) groups is 2. The van der Waals surface area contributed by atoms with Gasteiger partial charge < -0.3 is 30.3 Å². The van der Waals surface area contributed by atoms with Crippen LogP contribution >= 0.6 is 0 Å². The Morgan fingerprint density at radius 2 is 1.82 bits per heavy atom. The molecule has 2 amide bonds. The Bertz CT molecular complexity index is 1770. The largest absolute Gasteiger partial charge is 0.457 e. The summed E-state index contributed by atoms with van der Waals surface area (Å²) in [4.78, 5) is 39.3. The maximum absolute atomic E-state index is 15.3. The third-order valence-electron chi connectivity index (χ3n) is 8.74. The van der Waals surface area contributed by atoms with Crippen molar-refractivity contribution in [3.63, 3.8) is 0 Å². The van der Waals surface area contributed by atoms with E-state index in [1.54, 1.807) is 34.1 Å². The lowest BCUT2D eigenvalue weighted by molar-refractivity contribution is -0.127. The molecule has 0 spiro atoms. The number of nitrogen functional groups attached to an aromatic ring is 1. The molecule has 5 rings (SSSR count). The average molecular weight is 670 g/mol. The third kappa shape index (κ3) is 8.13. The quantitative estimate of drug-likeness (QED) is 0.168. The number of piperidine rings is 1. The second-order valence-electron chi connectivity index (χ2n) is 12.4. The number of anilines is 2. The van der Waals surface area contributed by atoms with E-state index in [0.29, 0.717) is 51.3 Å². The van der Waals surface area contributed by atoms with Crippen molar-refractivity contribution in [2.45, 2.75) is 38.3 Å². The standard InChI is InChI=1S/C35H40FN9O4/c1-35(2,45-16-14-43(15-17-45)34(47)48-3)19-23(20-37)33(46)44-13-7-8-24(21-44)42-32-29(31(39)40-22-41-32)30(38)27-12-11-26(18-28(27)36)49-25-9-5-4-6-10-25/h4-6,9-12,18-19,22,24,38H,7-8,13-17,21H2,1-3H3,(H3,39,40,41,42)/b23-19+,38-30?. The highest BCUT2D eigenvalue weighted by atomic mass is 19.1. The average Bonchev–Trinajstić information content (AvgIpc) is 3.10. The van der Waals surface area contributed by atoms with Crippen LogP contribution in [0.4, 0.5) is 20.8 Å². The Morgan fingerprint density at radius 3 is 2.49 bits per heavy atom. The van der Waals surface area contributed by atoms with Crippen LogP contribution in [0.1, 0.15) is 37.8 Å². The Kier molecular flexibility index (Phi) is 10.7. The fourth-order valence-electron chi connectivity index (χ4n) is 6.10. The molecule has 13 nitrogen and oxygen atoms in total. The van der Waals surface area contributed by atoms with Gasteiger partial charge in [0.1, 0.15) is 46.9 Å². The number of carbonyl (C=O) groups excluding carboxylic acids is 2. The molecule has 2 fully saturated rings. The minimum absolute atomic E-state index is 0.000366. The number of amides is 2. The van der Waals surface area contributed by atoms with Crippen LogP contribution < -0.4 is 15.8 Å². The van der Waals surface area contributed by atoms with Crippen molar-refractivity contribution in [2.24, 2.45) is 0 Å². The summed E-state index contributed by atoms with van der Waals surface area (Å²) in [6.45, 7) is 6.70. The summed E-state index contributed by atoms with van der Waals surface area (Å²) in [7, 11) is 1.35. The van der Waals surface area contributed by atoms with E-state index in [1.807, 2.05) is 32.0 Å². The van der Waals surface area contributed by atoms with Gasteiger partial charge in [0.05, 0.1) is 18.4 Å². The number of rotatable bonds is 9. The lowest BCUT2D eigenvalue weighted by atomic mass is 9.96. The van der Waals surface area contributed by atoms with Gasteiger partial charge >= 0.3 is 6.09 Å². The summed E-state index contributed by atoms with van der Waals surface area (Å²) in [6, 6.07) is 15.0. The highest BCUT2D eigenvalue weighted by Gasteiger charge is 2.33. The van der Waals surface area contributed by atoms with E-state index in [1.165, 1.54) is 25.6 Å². The van der Waals surface area contributed by atoms with Crippen LogP contribution in [-0.4, -0.2) is 100 Å². The third-order valence-corrected chi connectivity index (χ3v) is 8.74. The maximum Gasteiger partial charge on any atom is 0.409 e. The first-order valence-corrected chi connectivity index (χ1v) is 16.0. The van der Waals surface area contributed by atoms with E-state index < -0.39 is 11.4 Å². The van der Waals surface area contributed by atoms with E-state index in [2.05, 4.69) is 26.3 Å². The molecular weight excluding hydrogens is 629 g/mol. The highest BCUT2D eigenvalue weighted by Crippen LogP contribution is 2.29. The molecule has 2 aliphatic rings. The van der Waals surface area contributed by atoms with Gasteiger partial charge in [0.2, 0.25) is 0 Å². The monoisotopic (exact) mass is 669 g/mol. The van der Waals surface area contributed by atoms with Crippen LogP contribution in [0.15, 0.2) is 66.5 Å². The molecule has 0 radical (unpaired) electrons. The molecule has 14 heteroatoms. The Balaban J connectivity index is 1.28. The topological polar surface area (TPSA) is 174 Å². The van der Waals surface area contributed by atoms with Crippen molar-refractivity contribution < 1.29 is 23.5 Å². The molecule has 1 unspecified atom stereocenters. The zero-order chi connectivity index (χ0) is 35.1. The number of nitriles is 1. The van der Waals surface area contributed by atoms with Crippen molar-refractivity contribution in [2.75, 3.05) is 57.4 Å². The zero-order valence-corrected chi connectivity index (χ0v) is 27.8. The highest BCUT2D eigenvalue weighted by molar-refractivity contribution is 6.16. The predicted octanol–water partition coefficient (Wildman–Crippen LogP) is 4.42. The molecule has 0 saturated carbocycles. The number of piperazine rings is 1. The van der Waals surface area contributed by atoms with Crippen LogP contribution in [0.5, 0.6) is 11.5 Å². The fourth-order valence-corrected chi connectivity index (χ4v) is 6.10. The van der Waals surface area contributed by atoms with Gasteiger partial charge in [-0.05, 0) is 57.0 Å². The van der Waals surface area contributed by atoms with Crippen molar-refractivity contribution in [3.05, 3.63) is 83.5 Å². The predicted molar refractivity (Wildman–Crippen MR) is 182 cm³/mol. The number of nitrogens with two attached hydrogens (primary N) is 1. The van der Waals surface area contributed by atoms with Crippen LogP contribution in [0.2, 0.25) is 0 Å². The minimum Gasteiger partial charge on any atom is -0.457 e. The van der Waals surface area contributed by atoms with Crippen LogP contribution in [0.25, 0.3) is 0 Å². The molecule has 3 aromatic rings. The first kappa shape index (κ1) is 34.8. The van der Waals surface area contributed by atoms with E-state index in [-0.39, 0.29) is 64.4 Å². The number of hydrogen-bond acceptors (Lipinski definition) is 11. The van der Waals surface area contributed by atoms with E-state index >= 15 is 4.39 Å². The number of methoxy groups -OCH3 is 1. The molecule has 2 saturated heterocycles. The van der Waals surface area contributed by atoms with Crippen LogP contribution in [-0.2, 0) is 9.53 Å². The molecule has 2 aromatic carbocycles. The number of likely N-dealkylation sites (tertiary alicyclic amines) is 1. The second-order valence-corrected chi connectivity index (χ2v) is 12.4. The molecule has 49 heavy (non-hydrogen) atoms. The number of nitrogens with one attached hydrogen (secondary N) is 2. The normalized spacial score (nSPS) is 17.2. The number of aromatic nitrogens is 2. The zero-order valence-electron chi connectivity index (χ0n) is 27.8. The SMILES string of the molecule is COC(=O)N1CCN(C(C)(C)/C=C(\C#N)C(=O)N2CCCC(Nc3ncnc(N)c3C(=N)c3ccc(Oc4ccccc4)cc3F)C2)CC1. The lowest BCUT2D eigenvalue weighted by Gasteiger charge is -2.42. The second kappa shape index (κ2) is 15.1. The van der Waals surface area contributed by atoms with Crippen LogP contribution in [0, 0.1) is 22.6 Å². The van der Waals surface area contributed by atoms with Crippen LogP contribution in [0.3, 0.4) is 0 Å². The molecule has 3 heterocycles. The molecule has 0 bridgehead atoms. The van der Waals surface area contributed by atoms with Gasteiger partial charge in [0, 0.05) is 62.5 Å². The van der Waals surface area contributed by atoms with Crippen molar-refractivity contribution in [1.29, 1.82) is 10.7 Å². The first-order chi connectivity index (χ1) is 23.5. The van der Waals surface area contributed by atoms with E-state index in [4.69, 9.17) is 20.6 Å². The fraction of sp³-hybridized carbons (Fsp3) is 0.371. The van der Waals surface area contributed by atoms with Gasteiger partial charge in [-0.15, -0.1) is 0 Å². The Labute approximate surface area is 284 Å². The summed E-state index contributed by atoms with van der Waals surface area (Å²) in [5.74, 6) is 0.00636. The molecule has 2 aliphatic heterocycles. The lowest BCUT2D eigenvalue weighted by Crippen LogP contribution is -2.55. The summed E-state index contributed by atoms with van der Waals surface area (Å²) in [5, 5.41) is 22.2. The van der Waals surface area contributed by atoms with Gasteiger partial charge in [-0.2, -0.15) is 5.26 Å². The molecule has 4 N–H and O–H groups in total. The van der Waals surface area contributed by atoms with Crippen molar-refractivity contribution >= 4 is 29.3 Å². The summed E-state index contributed by atoms with van der Waals surface area (Å²) >= 11 is 0. The Morgan fingerprint density at radius 1 is 1.08 bits per heavy atom. The summed E-state index contributed by atoms with van der Waals surface area (Å²) in [5.41, 5.74) is 5.54. The number of hydrogen-bond donors (Lipinski definition) is 3. The van der Waals surface area contributed by atoms with E-state index in [9.17, 15) is 14.9 Å². The Hall–Kier alpha value is -5.55. The summed E-state index contributed by atoms with van der Waals surface area (Å²) in [6.07, 6.45) is 3.92. The van der Waals surface area contributed by atoms with Gasteiger partial charge in [-0.3, -0.25) is 15.1 Å². The number of benzene rings is 2. The van der Waals surface area contributed by atoms with Crippen molar-refractivity contribution in [3.8, 4) is 17.6 Å². The molecule has 0 aliphatic carbocycles. The number of para-hydroxylation sites is 1. The van der Waals surface area contributed by atoms with E-state index in [0.717, 1.165) is 0 Å². The molecule has 1 aromatic heterocycles. The molecule has 1 atom stereocenters. The number of ether oxygens (including phenoxy) is 2. The first-order valence-electron chi connectivity index (χ1n) is 16.0.